The first-order valence-corrected chi connectivity index (χ1v) is 5.72. The first-order valence-electron chi connectivity index (χ1n) is 5.34. The quantitative estimate of drug-likeness (QED) is 0.730. The molecule has 0 bridgehead atoms. The Morgan fingerprint density at radius 2 is 2.06 bits per heavy atom. The number of aromatic nitrogens is 2. The highest BCUT2D eigenvalue weighted by atomic mass is 35.5. The molecule has 0 atom stereocenters. The van der Waals surface area contributed by atoms with Gasteiger partial charge in [0.2, 0.25) is 0 Å². The molecule has 0 unspecified atom stereocenters. The molecule has 0 saturated carbocycles. The lowest BCUT2D eigenvalue weighted by Crippen LogP contribution is -1.94. The molecular formula is C13H9ClFN3. The van der Waals surface area contributed by atoms with Gasteiger partial charge in [0.1, 0.15) is 23.0 Å². The van der Waals surface area contributed by atoms with Crippen molar-refractivity contribution in [1.29, 1.82) is 0 Å². The van der Waals surface area contributed by atoms with E-state index in [1.165, 1.54) is 16.7 Å². The number of anilines is 1. The van der Waals surface area contributed by atoms with Gasteiger partial charge in [-0.2, -0.15) is 0 Å². The minimum Gasteiger partial charge on any atom is -0.383 e. The Morgan fingerprint density at radius 1 is 1.22 bits per heavy atom. The Kier molecular flexibility index (Phi) is 2.45. The van der Waals surface area contributed by atoms with E-state index in [1.807, 2.05) is 12.1 Å². The number of hydrogen-bond donors (Lipinski definition) is 1. The summed E-state index contributed by atoms with van der Waals surface area (Å²) in [7, 11) is 0. The molecule has 0 radical (unpaired) electrons. The van der Waals surface area contributed by atoms with E-state index in [-0.39, 0.29) is 5.82 Å². The van der Waals surface area contributed by atoms with Gasteiger partial charge in [-0.05, 0) is 24.3 Å². The van der Waals surface area contributed by atoms with E-state index < -0.39 is 0 Å². The number of benzene rings is 1. The molecule has 18 heavy (non-hydrogen) atoms. The number of rotatable bonds is 1. The van der Waals surface area contributed by atoms with Crippen LogP contribution in [-0.4, -0.2) is 9.38 Å². The van der Waals surface area contributed by atoms with Crippen LogP contribution >= 0.6 is 11.6 Å². The highest BCUT2D eigenvalue weighted by Crippen LogP contribution is 2.28. The Morgan fingerprint density at radius 3 is 2.83 bits per heavy atom. The molecule has 0 amide bonds. The minimum absolute atomic E-state index is 0.357. The molecule has 0 aliphatic heterocycles. The normalized spacial score (nSPS) is 11.0. The summed E-state index contributed by atoms with van der Waals surface area (Å²) in [5.41, 5.74) is 7.99. The molecule has 90 valence electrons. The largest absolute Gasteiger partial charge is 0.383 e. The molecule has 0 aliphatic rings. The van der Waals surface area contributed by atoms with E-state index in [4.69, 9.17) is 17.3 Å². The number of imidazole rings is 1. The van der Waals surface area contributed by atoms with E-state index in [0.717, 1.165) is 5.56 Å². The van der Waals surface area contributed by atoms with E-state index >= 15 is 0 Å². The Hall–Kier alpha value is -2.07. The predicted molar refractivity (Wildman–Crippen MR) is 70.0 cm³/mol. The maximum Gasteiger partial charge on any atom is 0.140 e. The van der Waals surface area contributed by atoms with Crippen molar-refractivity contribution in [1.82, 2.24) is 9.38 Å². The molecule has 3 rings (SSSR count). The van der Waals surface area contributed by atoms with Crippen LogP contribution in [0, 0.1) is 5.82 Å². The highest BCUT2D eigenvalue weighted by Gasteiger charge is 2.11. The third kappa shape index (κ3) is 1.71. The van der Waals surface area contributed by atoms with Crippen molar-refractivity contribution < 1.29 is 4.39 Å². The molecule has 2 heterocycles. The van der Waals surface area contributed by atoms with E-state index in [1.54, 1.807) is 18.2 Å². The standard InChI is InChI=1S/C13H9ClFN3/c14-9-3-1-2-8(6-9)12-13(16)18-7-10(15)4-5-11(18)17-12/h1-7H,16H2. The third-order valence-electron chi connectivity index (χ3n) is 2.72. The molecule has 2 N–H and O–H groups in total. The summed E-state index contributed by atoms with van der Waals surface area (Å²) in [5, 5.41) is 0.607. The van der Waals surface area contributed by atoms with Gasteiger partial charge in [-0.3, -0.25) is 4.40 Å². The molecule has 5 heteroatoms. The van der Waals surface area contributed by atoms with Crippen molar-refractivity contribution in [3.05, 3.63) is 53.4 Å². The van der Waals surface area contributed by atoms with E-state index in [2.05, 4.69) is 4.98 Å². The molecule has 0 saturated heterocycles. The zero-order chi connectivity index (χ0) is 12.7. The van der Waals surface area contributed by atoms with Crippen LogP contribution in [0.5, 0.6) is 0 Å². The fourth-order valence-electron chi connectivity index (χ4n) is 1.89. The van der Waals surface area contributed by atoms with Crippen LogP contribution < -0.4 is 5.73 Å². The fourth-order valence-corrected chi connectivity index (χ4v) is 2.08. The molecule has 0 spiro atoms. The maximum absolute atomic E-state index is 13.2. The Bertz CT molecular complexity index is 736. The minimum atomic E-state index is -0.357. The van der Waals surface area contributed by atoms with Crippen LogP contribution in [0.1, 0.15) is 0 Å². The number of nitrogens with two attached hydrogens (primary N) is 1. The summed E-state index contributed by atoms with van der Waals surface area (Å²) in [6.45, 7) is 0. The van der Waals surface area contributed by atoms with Crippen molar-refractivity contribution in [3.63, 3.8) is 0 Å². The number of nitrogens with zero attached hydrogens (tertiary/aromatic N) is 2. The van der Waals surface area contributed by atoms with Gasteiger partial charge in [0.25, 0.3) is 0 Å². The summed E-state index contributed by atoms with van der Waals surface area (Å²) in [6, 6.07) is 10.2. The number of halogens is 2. The van der Waals surface area contributed by atoms with Gasteiger partial charge in [0.05, 0.1) is 0 Å². The zero-order valence-corrected chi connectivity index (χ0v) is 10.0. The monoisotopic (exact) mass is 261 g/mol. The SMILES string of the molecule is Nc1c(-c2cccc(Cl)c2)nc2ccc(F)cn12. The molecule has 2 aromatic heterocycles. The van der Waals surface area contributed by atoms with Gasteiger partial charge in [0.15, 0.2) is 0 Å². The van der Waals surface area contributed by atoms with Crippen LogP contribution in [0.2, 0.25) is 5.02 Å². The second-order valence-corrected chi connectivity index (χ2v) is 4.37. The summed E-state index contributed by atoms with van der Waals surface area (Å²) in [4.78, 5) is 4.38. The number of fused-ring (bicyclic) bond motifs is 1. The number of nitrogen functional groups attached to an aromatic ring is 1. The average Bonchev–Trinajstić information content (AvgIpc) is 2.67. The van der Waals surface area contributed by atoms with Gasteiger partial charge in [0, 0.05) is 16.8 Å². The molecule has 0 fully saturated rings. The second kappa shape index (κ2) is 3.99. The topological polar surface area (TPSA) is 43.3 Å². The molecule has 0 aliphatic carbocycles. The van der Waals surface area contributed by atoms with Crippen molar-refractivity contribution in [2.75, 3.05) is 5.73 Å². The van der Waals surface area contributed by atoms with Crippen LogP contribution in [0.3, 0.4) is 0 Å². The summed E-state index contributed by atoms with van der Waals surface area (Å²) >= 11 is 5.94. The van der Waals surface area contributed by atoms with E-state index in [0.29, 0.717) is 22.2 Å². The van der Waals surface area contributed by atoms with Crippen molar-refractivity contribution >= 4 is 23.1 Å². The summed E-state index contributed by atoms with van der Waals surface area (Å²) in [5.74, 6) is 0.0380. The van der Waals surface area contributed by atoms with Gasteiger partial charge in [-0.15, -0.1) is 0 Å². The number of hydrogen-bond acceptors (Lipinski definition) is 2. The van der Waals surface area contributed by atoms with Gasteiger partial charge >= 0.3 is 0 Å². The summed E-state index contributed by atoms with van der Waals surface area (Å²) in [6.07, 6.45) is 1.31. The van der Waals surface area contributed by atoms with Crippen LogP contribution in [0.25, 0.3) is 16.9 Å². The molecule has 1 aromatic carbocycles. The lowest BCUT2D eigenvalue weighted by atomic mass is 10.1. The van der Waals surface area contributed by atoms with E-state index in [9.17, 15) is 4.39 Å². The first kappa shape index (κ1) is 11.0. The van der Waals surface area contributed by atoms with Gasteiger partial charge in [-0.25, -0.2) is 9.37 Å². The van der Waals surface area contributed by atoms with Crippen molar-refractivity contribution in [3.8, 4) is 11.3 Å². The average molecular weight is 262 g/mol. The lowest BCUT2D eigenvalue weighted by molar-refractivity contribution is 0.619. The van der Waals surface area contributed by atoms with Crippen molar-refractivity contribution in [2.45, 2.75) is 0 Å². The smallest absolute Gasteiger partial charge is 0.140 e. The lowest BCUT2D eigenvalue weighted by Gasteiger charge is -1.99. The van der Waals surface area contributed by atoms with Crippen LogP contribution in [0.15, 0.2) is 42.6 Å². The fraction of sp³-hybridized carbons (Fsp3) is 0. The maximum atomic E-state index is 13.2. The van der Waals surface area contributed by atoms with Gasteiger partial charge < -0.3 is 5.73 Å². The Balaban J connectivity index is 2.27. The van der Waals surface area contributed by atoms with Crippen LogP contribution in [0.4, 0.5) is 10.2 Å². The molecule has 3 aromatic rings. The Labute approximate surface area is 108 Å². The predicted octanol–water partition coefficient (Wildman–Crippen LogP) is 3.38. The summed E-state index contributed by atoms with van der Waals surface area (Å²) < 4.78 is 14.7. The first-order chi connectivity index (χ1) is 8.65. The van der Waals surface area contributed by atoms with Crippen LogP contribution in [-0.2, 0) is 0 Å². The highest BCUT2D eigenvalue weighted by molar-refractivity contribution is 6.30. The van der Waals surface area contributed by atoms with Crippen molar-refractivity contribution in [2.24, 2.45) is 0 Å². The second-order valence-electron chi connectivity index (χ2n) is 3.93. The van der Waals surface area contributed by atoms with Gasteiger partial charge in [-0.1, -0.05) is 23.7 Å². The number of pyridine rings is 1. The molecule has 3 nitrogen and oxygen atoms in total. The molecular weight excluding hydrogens is 253 g/mol. The third-order valence-corrected chi connectivity index (χ3v) is 2.95. The zero-order valence-electron chi connectivity index (χ0n) is 9.27.